The molecule has 3 rings (SSSR count). The Balaban J connectivity index is 2.19. The maximum absolute atomic E-state index is 12.3. The summed E-state index contributed by atoms with van der Waals surface area (Å²) in [6.45, 7) is 0.896. The Bertz CT molecular complexity index is 1030. The quantitative estimate of drug-likeness (QED) is 0.871. The second kappa shape index (κ2) is 6.24. The van der Waals surface area contributed by atoms with E-state index >= 15 is 0 Å². The lowest BCUT2D eigenvalue weighted by Crippen LogP contribution is -2.53. The molecule has 1 aliphatic rings. The number of likely N-dealkylation sites (N-methyl/N-ethyl adjacent to an activating group) is 1. The zero-order chi connectivity index (χ0) is 23.1. The first-order chi connectivity index (χ1) is 14.3. The average molecular weight is 320 g/mol. The first-order valence-electron chi connectivity index (χ1n) is 11.1. The van der Waals surface area contributed by atoms with Gasteiger partial charge in [-0.3, -0.25) is 4.79 Å². The first kappa shape index (κ1) is 8.29. The maximum atomic E-state index is 12.3. The molecule has 7 nitrogen and oxygen atoms in total. The van der Waals surface area contributed by atoms with Gasteiger partial charge in [0.1, 0.15) is 19.1 Å². The van der Waals surface area contributed by atoms with Crippen LogP contribution in [0.5, 0.6) is 0 Å². The van der Waals surface area contributed by atoms with Gasteiger partial charge in [0.2, 0.25) is 0 Å². The molecule has 2 atom stereocenters. The molecule has 2 aromatic heterocycles. The molecule has 1 aliphatic heterocycles. The summed E-state index contributed by atoms with van der Waals surface area (Å²) in [5.41, 5.74) is 0.0800. The Kier molecular flexibility index (Phi) is 2.25. The van der Waals surface area contributed by atoms with Crippen molar-refractivity contribution in [2.24, 2.45) is 5.92 Å². The van der Waals surface area contributed by atoms with Crippen molar-refractivity contribution in [2.45, 2.75) is 19.3 Å². The van der Waals surface area contributed by atoms with Gasteiger partial charge in [0.25, 0.3) is 6.54 Å². The lowest BCUT2D eigenvalue weighted by atomic mass is 9.92. The van der Waals surface area contributed by atoms with Crippen molar-refractivity contribution in [1.82, 2.24) is 19.9 Å². The summed E-state index contributed by atoms with van der Waals surface area (Å²) in [6.07, 6.45) is 0.773. The van der Waals surface area contributed by atoms with Crippen LogP contribution in [0.25, 0.3) is 15.9 Å². The van der Waals surface area contributed by atoms with E-state index in [1.165, 1.54) is 11.1 Å². The van der Waals surface area contributed by atoms with Crippen molar-refractivity contribution < 1.29 is 15.8 Å². The third-order valence-corrected chi connectivity index (χ3v) is 3.91. The number of carbonyl (C=O) groups is 1. The molecule has 120 valence electrons. The highest BCUT2D eigenvalue weighted by Crippen LogP contribution is 2.28. The predicted octanol–water partition coefficient (Wildman–Crippen LogP) is 1.55. The van der Waals surface area contributed by atoms with Gasteiger partial charge in [0, 0.05) is 34.5 Å². The van der Waals surface area contributed by atoms with Gasteiger partial charge in [-0.15, -0.1) is 0 Å². The molecule has 1 saturated heterocycles. The van der Waals surface area contributed by atoms with Crippen molar-refractivity contribution in [3.8, 4) is 0 Å². The van der Waals surface area contributed by atoms with E-state index in [-0.39, 0.29) is 42.4 Å². The van der Waals surface area contributed by atoms with E-state index in [9.17, 15) is 4.79 Å². The number of anilines is 1. The first-order valence-corrected chi connectivity index (χ1v) is 7.07. The molecule has 0 bridgehead atoms. The standard InChI is InChI=1S/C16H20N6O/c1-11-5-7-22(14(23)8-17-2)9-13(11)21(3)16-12-4-6-18-15(12)19-10-20-16/h4,6,10-11,13H,5,7-9H2,1,3H3,(H,18,19,20)/t11-,13+/m1/s1/i1D3,3D3,4D,10D. The number of piperidine rings is 1. The number of hydrogen-bond acceptors (Lipinski definition) is 4. The minimum atomic E-state index is -2.89. The number of nitrogens with zero attached hydrogens (tertiary/aromatic N) is 5. The number of aromatic nitrogens is 3. The molecule has 3 heterocycles. The van der Waals surface area contributed by atoms with Gasteiger partial charge in [-0.1, -0.05) is 6.85 Å². The van der Waals surface area contributed by atoms with Gasteiger partial charge in [0.15, 0.2) is 0 Å². The molecule has 0 aliphatic carbocycles. The summed E-state index contributed by atoms with van der Waals surface area (Å²) in [5, 5.41) is 0.0426. The molecule has 23 heavy (non-hydrogen) atoms. The number of H-pyrrole nitrogens is 1. The number of rotatable bonds is 3. The van der Waals surface area contributed by atoms with E-state index in [1.54, 1.807) is 0 Å². The van der Waals surface area contributed by atoms with Crippen molar-refractivity contribution in [2.75, 3.05) is 31.5 Å². The zero-order valence-corrected chi connectivity index (χ0v) is 12.2. The van der Waals surface area contributed by atoms with Crippen LogP contribution >= 0.6 is 0 Å². The number of carbonyl (C=O) groups excluding carboxylic acids is 1. The molecule has 0 radical (unpaired) electrons. The maximum Gasteiger partial charge on any atom is 0.302 e. The van der Waals surface area contributed by atoms with Gasteiger partial charge in [-0.25, -0.2) is 16.5 Å². The minimum absolute atomic E-state index is 0.000312. The van der Waals surface area contributed by atoms with Gasteiger partial charge in [0.05, 0.1) is 12.8 Å². The number of aromatic amines is 1. The molecule has 1 fully saturated rings. The Labute approximate surface area is 146 Å². The van der Waals surface area contributed by atoms with E-state index in [4.69, 9.17) is 17.5 Å². The van der Waals surface area contributed by atoms with Crippen LogP contribution in [0.2, 0.25) is 0 Å². The SMILES string of the molecule is [2H]c1nc(N([C@H]2CN(C(=O)C[N+]#[C-])CC[C@H]2C([2H])([2H])[2H])C([2H])([2H])[2H])c2c([2H])c[nH]c2n1. The van der Waals surface area contributed by atoms with Crippen LogP contribution in [0.3, 0.4) is 0 Å². The second-order valence-corrected chi connectivity index (χ2v) is 5.29. The van der Waals surface area contributed by atoms with Crippen LogP contribution in [0.15, 0.2) is 18.5 Å². The van der Waals surface area contributed by atoms with E-state index in [2.05, 4.69) is 19.8 Å². The summed E-state index contributed by atoms with van der Waals surface area (Å²) in [6, 6.07) is -1.32. The van der Waals surface area contributed by atoms with Crippen molar-refractivity contribution in [3.63, 3.8) is 0 Å². The monoisotopic (exact) mass is 320 g/mol. The molecule has 7 heteroatoms. The highest BCUT2D eigenvalue weighted by atomic mass is 16.2. The Morgan fingerprint density at radius 3 is 3.39 bits per heavy atom. The molecular formula is C16H20N6O. The normalized spacial score (nSPS) is 27.3. The molecule has 0 aromatic carbocycles. The average Bonchev–Trinajstić information content (AvgIpc) is 3.00. The third kappa shape index (κ3) is 2.84. The number of amides is 1. The van der Waals surface area contributed by atoms with Gasteiger partial charge in [-0.05, 0) is 18.4 Å². The lowest BCUT2D eigenvalue weighted by Gasteiger charge is -2.41. The fourth-order valence-corrected chi connectivity index (χ4v) is 2.67. The van der Waals surface area contributed by atoms with Crippen LogP contribution in [0.1, 0.15) is 24.2 Å². The Morgan fingerprint density at radius 2 is 2.61 bits per heavy atom. The Hall–Kier alpha value is -2.62. The number of nitrogens with one attached hydrogen (secondary N) is 1. The molecule has 0 unspecified atom stereocenters. The molecule has 0 saturated carbocycles. The van der Waals surface area contributed by atoms with Crippen LogP contribution in [0.4, 0.5) is 5.82 Å². The summed E-state index contributed by atoms with van der Waals surface area (Å²) in [4.78, 5) is 28.0. The topological polar surface area (TPSA) is 69.5 Å². The summed E-state index contributed by atoms with van der Waals surface area (Å²) in [5.74, 6) is -1.90. The summed E-state index contributed by atoms with van der Waals surface area (Å²) < 4.78 is 64.1. The summed E-state index contributed by atoms with van der Waals surface area (Å²) >= 11 is 0. The van der Waals surface area contributed by atoms with Crippen LogP contribution in [0, 0.1) is 12.5 Å². The second-order valence-electron chi connectivity index (χ2n) is 5.29. The smallest absolute Gasteiger partial charge is 0.302 e. The highest BCUT2D eigenvalue weighted by molar-refractivity contribution is 5.87. The lowest BCUT2D eigenvalue weighted by molar-refractivity contribution is -0.130. The Morgan fingerprint density at radius 1 is 1.70 bits per heavy atom. The highest BCUT2D eigenvalue weighted by Gasteiger charge is 2.33. The number of hydrogen-bond donors (Lipinski definition) is 1. The fourth-order valence-electron chi connectivity index (χ4n) is 2.67. The van der Waals surface area contributed by atoms with Gasteiger partial charge in [-0.2, -0.15) is 0 Å². The number of fused-ring (bicyclic) bond motifs is 1. The summed E-state index contributed by atoms with van der Waals surface area (Å²) in [7, 11) is 0. The molecule has 1 N–H and O–H groups in total. The third-order valence-electron chi connectivity index (χ3n) is 3.91. The fraction of sp³-hybridized carbons (Fsp3) is 0.500. The predicted molar refractivity (Wildman–Crippen MR) is 87.9 cm³/mol. The van der Waals surface area contributed by atoms with E-state index in [0.29, 0.717) is 0 Å². The molecule has 2 aromatic rings. The van der Waals surface area contributed by atoms with Crippen molar-refractivity contribution in [3.05, 3.63) is 30.0 Å². The van der Waals surface area contributed by atoms with Crippen LogP contribution < -0.4 is 4.90 Å². The molecule has 1 amide bonds. The minimum Gasteiger partial charge on any atom is -0.354 e. The largest absolute Gasteiger partial charge is 0.354 e. The van der Waals surface area contributed by atoms with Crippen molar-refractivity contribution >= 4 is 22.8 Å². The van der Waals surface area contributed by atoms with E-state index in [1.807, 2.05) is 0 Å². The van der Waals surface area contributed by atoms with Crippen LogP contribution in [-0.4, -0.2) is 58.4 Å². The number of likely N-dealkylation sites (tertiary alicyclic amines) is 1. The van der Waals surface area contributed by atoms with E-state index in [0.717, 1.165) is 4.90 Å². The van der Waals surface area contributed by atoms with Gasteiger partial charge < -0.3 is 19.6 Å². The van der Waals surface area contributed by atoms with Gasteiger partial charge >= 0.3 is 5.91 Å². The van der Waals surface area contributed by atoms with E-state index < -0.39 is 44.5 Å². The van der Waals surface area contributed by atoms with Crippen molar-refractivity contribution in [1.29, 1.82) is 0 Å². The molecular weight excluding hydrogens is 292 g/mol. The molecule has 0 spiro atoms. The van der Waals surface area contributed by atoms with Crippen LogP contribution in [-0.2, 0) is 4.79 Å². The zero-order valence-electron chi connectivity index (χ0n) is 20.2.